The van der Waals surface area contributed by atoms with Crippen molar-refractivity contribution in [3.63, 3.8) is 0 Å². The standard InChI is InChI=1S/C7H10N2O/c10-7-8-5-3-1-2-4-6(5)9-7/h1,3,5-6H,2,4H2,(H2,8,9,10). The number of hydrogen-bond donors (Lipinski definition) is 2. The number of amides is 2. The number of rotatable bonds is 0. The Morgan fingerprint density at radius 1 is 1.50 bits per heavy atom. The van der Waals surface area contributed by atoms with Crippen molar-refractivity contribution >= 4 is 6.03 Å². The molecule has 2 aliphatic rings. The molecule has 2 N–H and O–H groups in total. The number of urea groups is 1. The van der Waals surface area contributed by atoms with Crippen LogP contribution in [-0.4, -0.2) is 18.1 Å². The summed E-state index contributed by atoms with van der Waals surface area (Å²) in [7, 11) is 0. The summed E-state index contributed by atoms with van der Waals surface area (Å²) in [6.07, 6.45) is 6.34. The van der Waals surface area contributed by atoms with E-state index in [4.69, 9.17) is 0 Å². The number of hydrogen-bond acceptors (Lipinski definition) is 1. The first-order chi connectivity index (χ1) is 4.86. The van der Waals surface area contributed by atoms with Gasteiger partial charge in [-0.05, 0) is 12.8 Å². The monoisotopic (exact) mass is 138 g/mol. The summed E-state index contributed by atoms with van der Waals surface area (Å²) < 4.78 is 0. The SMILES string of the molecule is O=C1NC2C=CCCC2N1. The molecule has 0 aromatic heterocycles. The third-order valence-electron chi connectivity index (χ3n) is 2.04. The number of allylic oxidation sites excluding steroid dienone is 1. The molecule has 0 bridgehead atoms. The summed E-state index contributed by atoms with van der Waals surface area (Å²) in [5.74, 6) is 0. The molecule has 0 aromatic carbocycles. The molecule has 1 saturated heterocycles. The van der Waals surface area contributed by atoms with Gasteiger partial charge in [0.1, 0.15) is 0 Å². The highest BCUT2D eigenvalue weighted by Crippen LogP contribution is 2.14. The Balaban J connectivity index is 2.15. The molecule has 2 unspecified atom stereocenters. The molecule has 3 nitrogen and oxygen atoms in total. The van der Waals surface area contributed by atoms with Crippen molar-refractivity contribution in [2.24, 2.45) is 0 Å². The quantitative estimate of drug-likeness (QED) is 0.467. The lowest BCUT2D eigenvalue weighted by Crippen LogP contribution is -2.33. The summed E-state index contributed by atoms with van der Waals surface area (Å²) >= 11 is 0. The van der Waals surface area contributed by atoms with Gasteiger partial charge in [-0.3, -0.25) is 0 Å². The Labute approximate surface area is 59.5 Å². The van der Waals surface area contributed by atoms with E-state index in [0.29, 0.717) is 6.04 Å². The van der Waals surface area contributed by atoms with Gasteiger partial charge in [0.25, 0.3) is 0 Å². The van der Waals surface area contributed by atoms with Crippen LogP contribution in [0.15, 0.2) is 12.2 Å². The molecule has 10 heavy (non-hydrogen) atoms. The zero-order valence-corrected chi connectivity index (χ0v) is 5.63. The van der Waals surface area contributed by atoms with E-state index in [1.165, 1.54) is 0 Å². The maximum atomic E-state index is 10.8. The molecule has 0 spiro atoms. The summed E-state index contributed by atoms with van der Waals surface area (Å²) in [5, 5.41) is 5.67. The number of carbonyl (C=O) groups excluding carboxylic acids is 1. The van der Waals surface area contributed by atoms with Crippen molar-refractivity contribution in [2.75, 3.05) is 0 Å². The Morgan fingerprint density at radius 2 is 2.40 bits per heavy atom. The number of carbonyl (C=O) groups is 1. The highest BCUT2D eigenvalue weighted by atomic mass is 16.2. The van der Waals surface area contributed by atoms with Gasteiger partial charge in [0, 0.05) is 0 Å². The predicted molar refractivity (Wildman–Crippen MR) is 37.6 cm³/mol. The Morgan fingerprint density at radius 3 is 3.20 bits per heavy atom. The highest BCUT2D eigenvalue weighted by molar-refractivity contribution is 5.77. The van der Waals surface area contributed by atoms with E-state index in [1.807, 2.05) is 0 Å². The normalized spacial score (nSPS) is 36.6. The average Bonchev–Trinajstić information content (AvgIpc) is 2.27. The molecular formula is C7H10N2O. The van der Waals surface area contributed by atoms with Gasteiger partial charge in [-0.15, -0.1) is 0 Å². The van der Waals surface area contributed by atoms with E-state index in [0.717, 1.165) is 12.8 Å². The Kier molecular flexibility index (Phi) is 1.16. The molecule has 54 valence electrons. The van der Waals surface area contributed by atoms with E-state index in [-0.39, 0.29) is 12.1 Å². The molecule has 2 atom stereocenters. The summed E-state index contributed by atoms with van der Waals surface area (Å²) in [5.41, 5.74) is 0. The number of fused-ring (bicyclic) bond motifs is 1. The largest absolute Gasteiger partial charge is 0.333 e. The fourth-order valence-corrected chi connectivity index (χ4v) is 1.50. The molecular weight excluding hydrogens is 128 g/mol. The molecule has 0 saturated carbocycles. The smallest absolute Gasteiger partial charge is 0.315 e. The third kappa shape index (κ3) is 0.781. The van der Waals surface area contributed by atoms with Crippen LogP contribution >= 0.6 is 0 Å². The first-order valence-electron chi connectivity index (χ1n) is 3.60. The Hall–Kier alpha value is -0.990. The molecule has 1 fully saturated rings. The topological polar surface area (TPSA) is 41.1 Å². The molecule has 0 radical (unpaired) electrons. The average molecular weight is 138 g/mol. The van der Waals surface area contributed by atoms with Crippen LogP contribution in [0.3, 0.4) is 0 Å². The lowest BCUT2D eigenvalue weighted by atomic mass is 9.99. The lowest BCUT2D eigenvalue weighted by molar-refractivity contribution is 0.247. The third-order valence-corrected chi connectivity index (χ3v) is 2.04. The number of nitrogens with one attached hydrogen (secondary N) is 2. The van der Waals surface area contributed by atoms with Crippen molar-refractivity contribution < 1.29 is 4.79 Å². The summed E-state index contributed by atoms with van der Waals surface area (Å²) in [6, 6.07) is 0.570. The van der Waals surface area contributed by atoms with Crippen molar-refractivity contribution in [2.45, 2.75) is 24.9 Å². The van der Waals surface area contributed by atoms with Crippen LogP contribution in [0.1, 0.15) is 12.8 Å². The maximum Gasteiger partial charge on any atom is 0.315 e. The van der Waals surface area contributed by atoms with E-state index in [9.17, 15) is 4.79 Å². The summed E-state index contributed by atoms with van der Waals surface area (Å²) in [4.78, 5) is 10.8. The van der Waals surface area contributed by atoms with Gasteiger partial charge in [0.05, 0.1) is 12.1 Å². The Bertz CT molecular complexity index is 188. The van der Waals surface area contributed by atoms with Gasteiger partial charge in [0.15, 0.2) is 0 Å². The summed E-state index contributed by atoms with van der Waals surface area (Å²) in [6.45, 7) is 0. The van der Waals surface area contributed by atoms with Gasteiger partial charge in [-0.1, -0.05) is 12.2 Å². The van der Waals surface area contributed by atoms with Gasteiger partial charge in [0.2, 0.25) is 0 Å². The second kappa shape index (κ2) is 2.01. The van der Waals surface area contributed by atoms with Gasteiger partial charge < -0.3 is 10.6 Å². The second-order valence-corrected chi connectivity index (χ2v) is 2.76. The van der Waals surface area contributed by atoms with Crippen LogP contribution in [0.2, 0.25) is 0 Å². The minimum absolute atomic E-state index is 0.0263. The van der Waals surface area contributed by atoms with Crippen LogP contribution in [0.5, 0.6) is 0 Å². The minimum atomic E-state index is -0.0263. The zero-order valence-electron chi connectivity index (χ0n) is 5.63. The van der Waals surface area contributed by atoms with Crippen LogP contribution in [-0.2, 0) is 0 Å². The molecule has 3 heteroatoms. The van der Waals surface area contributed by atoms with Gasteiger partial charge in [-0.25, -0.2) is 4.79 Å². The van der Waals surface area contributed by atoms with E-state index < -0.39 is 0 Å². The second-order valence-electron chi connectivity index (χ2n) is 2.76. The van der Waals surface area contributed by atoms with Crippen LogP contribution in [0.4, 0.5) is 4.79 Å². The fourth-order valence-electron chi connectivity index (χ4n) is 1.50. The lowest BCUT2D eigenvalue weighted by Gasteiger charge is -2.17. The predicted octanol–water partition coefficient (Wildman–Crippen LogP) is 0.386. The van der Waals surface area contributed by atoms with Crippen molar-refractivity contribution in [3.05, 3.63) is 12.2 Å². The van der Waals surface area contributed by atoms with E-state index in [1.54, 1.807) is 0 Å². The van der Waals surface area contributed by atoms with Crippen LogP contribution in [0.25, 0.3) is 0 Å². The first kappa shape index (κ1) is 5.77. The molecule has 2 amide bonds. The first-order valence-corrected chi connectivity index (χ1v) is 3.60. The molecule has 1 aliphatic carbocycles. The van der Waals surface area contributed by atoms with Crippen LogP contribution < -0.4 is 10.6 Å². The van der Waals surface area contributed by atoms with Crippen molar-refractivity contribution in [1.82, 2.24) is 10.6 Å². The zero-order chi connectivity index (χ0) is 6.97. The highest BCUT2D eigenvalue weighted by Gasteiger charge is 2.30. The molecule has 1 heterocycles. The molecule has 0 aromatic rings. The van der Waals surface area contributed by atoms with Gasteiger partial charge in [-0.2, -0.15) is 0 Å². The van der Waals surface area contributed by atoms with E-state index in [2.05, 4.69) is 22.8 Å². The van der Waals surface area contributed by atoms with Gasteiger partial charge >= 0.3 is 6.03 Å². The molecule has 2 rings (SSSR count). The molecule has 1 aliphatic heterocycles. The minimum Gasteiger partial charge on any atom is -0.333 e. The van der Waals surface area contributed by atoms with Crippen molar-refractivity contribution in [3.8, 4) is 0 Å². The van der Waals surface area contributed by atoms with Crippen LogP contribution in [0, 0.1) is 0 Å². The maximum absolute atomic E-state index is 10.8. The van der Waals surface area contributed by atoms with E-state index >= 15 is 0 Å². The fraction of sp³-hybridized carbons (Fsp3) is 0.571. The van der Waals surface area contributed by atoms with Crippen molar-refractivity contribution in [1.29, 1.82) is 0 Å².